The van der Waals surface area contributed by atoms with Gasteiger partial charge < -0.3 is 16.8 Å². The highest BCUT2D eigenvalue weighted by Crippen LogP contribution is 2.28. The number of benzene rings is 1. The van der Waals surface area contributed by atoms with Crippen molar-refractivity contribution in [3.63, 3.8) is 0 Å². The molecule has 8 nitrogen and oxygen atoms in total. The van der Waals surface area contributed by atoms with Crippen LogP contribution in [0.3, 0.4) is 0 Å². The van der Waals surface area contributed by atoms with E-state index in [2.05, 4.69) is 10.3 Å². The summed E-state index contributed by atoms with van der Waals surface area (Å²) in [5, 5.41) is 11.7. The molecule has 0 saturated heterocycles. The minimum Gasteiger partial charge on any atom is -0.397 e. The minimum atomic E-state index is -4.43. The van der Waals surface area contributed by atoms with E-state index in [0.717, 1.165) is 0 Å². The molecule has 0 bridgehead atoms. The number of nitriles is 1. The third kappa shape index (κ3) is 3.02. The Kier molecular flexibility index (Phi) is 3.66. The van der Waals surface area contributed by atoms with Gasteiger partial charge in [-0.1, -0.05) is 12.1 Å². The van der Waals surface area contributed by atoms with Crippen LogP contribution in [-0.2, 0) is 10.1 Å². The molecule has 0 aliphatic heterocycles. The van der Waals surface area contributed by atoms with Crippen molar-refractivity contribution in [2.75, 3.05) is 16.8 Å². The molecule has 108 valence electrons. The zero-order chi connectivity index (χ0) is 15.6. The zero-order valence-electron chi connectivity index (χ0n) is 10.6. The van der Waals surface area contributed by atoms with E-state index < -0.39 is 10.1 Å². The average molecular weight is 305 g/mol. The number of pyridine rings is 1. The summed E-state index contributed by atoms with van der Waals surface area (Å²) in [5.74, 6) is 0.0736. The largest absolute Gasteiger partial charge is 0.397 e. The molecule has 1 heterocycles. The zero-order valence-corrected chi connectivity index (χ0v) is 11.4. The van der Waals surface area contributed by atoms with Crippen LogP contribution in [0.4, 0.5) is 23.0 Å². The summed E-state index contributed by atoms with van der Waals surface area (Å²) in [6.45, 7) is 0. The highest BCUT2D eigenvalue weighted by Gasteiger charge is 2.17. The van der Waals surface area contributed by atoms with Gasteiger partial charge in [-0.05, 0) is 12.1 Å². The van der Waals surface area contributed by atoms with Gasteiger partial charge in [-0.15, -0.1) is 0 Å². The third-order valence-corrected chi connectivity index (χ3v) is 3.51. The lowest BCUT2D eigenvalue weighted by Gasteiger charge is -2.12. The van der Waals surface area contributed by atoms with Gasteiger partial charge in [0.25, 0.3) is 10.1 Å². The van der Waals surface area contributed by atoms with Crippen molar-refractivity contribution in [2.45, 2.75) is 4.90 Å². The number of para-hydroxylation sites is 1. The number of nitrogens with two attached hydrogens (primary N) is 2. The Morgan fingerprint density at radius 3 is 2.57 bits per heavy atom. The topological polar surface area (TPSA) is 155 Å². The monoisotopic (exact) mass is 305 g/mol. The van der Waals surface area contributed by atoms with E-state index in [1.807, 2.05) is 6.07 Å². The summed E-state index contributed by atoms with van der Waals surface area (Å²) in [7, 11) is -4.43. The fourth-order valence-corrected chi connectivity index (χ4v) is 2.36. The molecule has 0 spiro atoms. The quantitative estimate of drug-likeness (QED) is 0.614. The van der Waals surface area contributed by atoms with Crippen molar-refractivity contribution in [1.29, 1.82) is 5.26 Å². The van der Waals surface area contributed by atoms with E-state index in [4.69, 9.17) is 16.7 Å². The fourth-order valence-electron chi connectivity index (χ4n) is 1.72. The maximum atomic E-state index is 11.3. The molecule has 0 fully saturated rings. The normalized spacial score (nSPS) is 10.9. The van der Waals surface area contributed by atoms with Crippen molar-refractivity contribution < 1.29 is 13.0 Å². The van der Waals surface area contributed by atoms with Gasteiger partial charge in [-0.3, -0.25) is 4.55 Å². The van der Waals surface area contributed by atoms with Crippen LogP contribution in [-0.4, -0.2) is 18.0 Å². The standard InChI is InChI=1S/C12H11N5O3S/c13-6-7-8(14)5-11(15)17-12(7)16-9-3-1-2-4-10(9)21(18,19)20/h1-5H,(H,18,19,20)(H5,14,15,16,17). The van der Waals surface area contributed by atoms with E-state index in [-0.39, 0.29) is 33.5 Å². The Hall–Kier alpha value is -2.83. The molecule has 0 amide bonds. The highest BCUT2D eigenvalue weighted by atomic mass is 32.2. The van der Waals surface area contributed by atoms with E-state index in [1.165, 1.54) is 24.3 Å². The molecule has 0 atom stereocenters. The molecule has 9 heteroatoms. The summed E-state index contributed by atoms with van der Waals surface area (Å²) >= 11 is 0. The van der Waals surface area contributed by atoms with Crippen LogP contribution in [0.5, 0.6) is 0 Å². The van der Waals surface area contributed by atoms with Gasteiger partial charge in [0.15, 0.2) is 5.82 Å². The van der Waals surface area contributed by atoms with E-state index in [1.54, 1.807) is 6.07 Å². The lowest BCUT2D eigenvalue weighted by Crippen LogP contribution is -2.07. The van der Waals surface area contributed by atoms with Crippen molar-refractivity contribution in [3.05, 3.63) is 35.9 Å². The Morgan fingerprint density at radius 1 is 1.29 bits per heavy atom. The smallest absolute Gasteiger partial charge is 0.296 e. The first-order valence-corrected chi connectivity index (χ1v) is 7.06. The van der Waals surface area contributed by atoms with Gasteiger partial charge in [0.1, 0.15) is 22.3 Å². The van der Waals surface area contributed by atoms with Gasteiger partial charge in [-0.2, -0.15) is 13.7 Å². The number of anilines is 4. The Balaban J connectivity index is 2.57. The molecule has 0 aliphatic carbocycles. The van der Waals surface area contributed by atoms with Gasteiger partial charge in [-0.25, -0.2) is 4.98 Å². The van der Waals surface area contributed by atoms with Crippen LogP contribution in [0.25, 0.3) is 0 Å². The second-order valence-corrected chi connectivity index (χ2v) is 5.46. The predicted molar refractivity (Wildman–Crippen MR) is 77.3 cm³/mol. The van der Waals surface area contributed by atoms with Crippen molar-refractivity contribution >= 4 is 33.1 Å². The van der Waals surface area contributed by atoms with Gasteiger partial charge >= 0.3 is 0 Å². The average Bonchev–Trinajstić information content (AvgIpc) is 2.37. The molecule has 6 N–H and O–H groups in total. The maximum Gasteiger partial charge on any atom is 0.296 e. The summed E-state index contributed by atoms with van der Waals surface area (Å²) < 4.78 is 31.8. The van der Waals surface area contributed by atoms with Crippen molar-refractivity contribution in [1.82, 2.24) is 4.98 Å². The Labute approximate surface area is 120 Å². The maximum absolute atomic E-state index is 11.3. The number of nitrogens with one attached hydrogen (secondary N) is 1. The number of hydrogen-bond acceptors (Lipinski definition) is 7. The molecule has 1 aromatic heterocycles. The first-order valence-electron chi connectivity index (χ1n) is 5.62. The molecule has 0 saturated carbocycles. The number of aromatic nitrogens is 1. The molecular formula is C12H11N5O3S. The van der Waals surface area contributed by atoms with Crippen LogP contribution in [0.1, 0.15) is 5.56 Å². The van der Waals surface area contributed by atoms with Crippen LogP contribution < -0.4 is 16.8 Å². The van der Waals surface area contributed by atoms with Crippen LogP contribution in [0, 0.1) is 11.3 Å². The predicted octanol–water partition coefficient (Wildman–Crippen LogP) is 1.11. The van der Waals surface area contributed by atoms with Gasteiger partial charge in [0.2, 0.25) is 0 Å². The second kappa shape index (κ2) is 5.28. The summed E-state index contributed by atoms with van der Waals surface area (Å²) in [6.07, 6.45) is 0. The number of rotatable bonds is 3. The molecule has 1 aromatic carbocycles. The van der Waals surface area contributed by atoms with Crippen molar-refractivity contribution in [3.8, 4) is 6.07 Å². The molecule has 2 rings (SSSR count). The van der Waals surface area contributed by atoms with E-state index in [0.29, 0.717) is 0 Å². The first kappa shape index (κ1) is 14.6. The molecular weight excluding hydrogens is 294 g/mol. The summed E-state index contributed by atoms with van der Waals surface area (Å²) in [6, 6.07) is 8.79. The lowest BCUT2D eigenvalue weighted by molar-refractivity contribution is 0.483. The van der Waals surface area contributed by atoms with Gasteiger partial charge in [0.05, 0.1) is 11.4 Å². The minimum absolute atomic E-state index is 0.00565. The SMILES string of the molecule is N#Cc1c(N)cc(N)nc1Nc1ccccc1S(=O)(=O)O. The number of nitrogen functional groups attached to an aromatic ring is 2. The van der Waals surface area contributed by atoms with Crippen LogP contribution in [0.2, 0.25) is 0 Å². The van der Waals surface area contributed by atoms with Gasteiger partial charge in [0, 0.05) is 6.07 Å². The second-order valence-electron chi connectivity index (χ2n) is 4.07. The van der Waals surface area contributed by atoms with E-state index in [9.17, 15) is 13.0 Å². The Bertz CT molecular complexity index is 842. The molecule has 0 radical (unpaired) electrons. The lowest BCUT2D eigenvalue weighted by atomic mass is 10.2. The molecule has 0 unspecified atom stereocenters. The summed E-state index contributed by atoms with van der Waals surface area (Å²) in [4.78, 5) is 3.56. The van der Waals surface area contributed by atoms with E-state index >= 15 is 0 Å². The molecule has 2 aromatic rings. The number of hydrogen-bond donors (Lipinski definition) is 4. The first-order chi connectivity index (χ1) is 9.82. The molecule has 0 aliphatic rings. The van der Waals surface area contributed by atoms with Crippen LogP contribution in [0.15, 0.2) is 35.2 Å². The van der Waals surface area contributed by atoms with Crippen LogP contribution >= 0.6 is 0 Å². The summed E-state index contributed by atoms with van der Waals surface area (Å²) in [5.41, 5.74) is 11.4. The van der Waals surface area contributed by atoms with Crippen molar-refractivity contribution in [2.24, 2.45) is 0 Å². The highest BCUT2D eigenvalue weighted by molar-refractivity contribution is 7.86. The Morgan fingerprint density at radius 2 is 1.95 bits per heavy atom. The third-order valence-electron chi connectivity index (χ3n) is 2.60. The fraction of sp³-hybridized carbons (Fsp3) is 0. The molecule has 21 heavy (non-hydrogen) atoms. The number of nitrogens with zero attached hydrogens (tertiary/aromatic N) is 2.